The maximum absolute atomic E-state index is 13.4. The molecule has 156 valence electrons. The molecule has 5 nitrogen and oxygen atoms in total. The molecule has 0 atom stereocenters. The van der Waals surface area contributed by atoms with Gasteiger partial charge in [-0.15, -0.1) is 0 Å². The molecule has 0 spiro atoms. The van der Waals surface area contributed by atoms with E-state index in [1.165, 1.54) is 0 Å². The number of hydrogen-bond acceptors (Lipinski definition) is 3. The minimum atomic E-state index is -1.10. The highest BCUT2D eigenvalue weighted by Gasteiger charge is 2.38. The predicted molar refractivity (Wildman–Crippen MR) is 124 cm³/mol. The number of nitrogens with one attached hydrogen (secondary N) is 2. The van der Waals surface area contributed by atoms with Crippen LogP contribution in [0.15, 0.2) is 89.9 Å². The van der Waals surface area contributed by atoms with Gasteiger partial charge in [-0.1, -0.05) is 60.7 Å². The Kier molecular flexibility index (Phi) is 5.67. The number of benzene rings is 3. The lowest BCUT2D eigenvalue weighted by Crippen LogP contribution is -2.43. The molecule has 1 aliphatic heterocycles. The van der Waals surface area contributed by atoms with E-state index < -0.39 is 23.3 Å². The van der Waals surface area contributed by atoms with Gasteiger partial charge in [0, 0.05) is 16.9 Å². The first-order valence-electron chi connectivity index (χ1n) is 10.3. The van der Waals surface area contributed by atoms with Crippen molar-refractivity contribution in [3.63, 3.8) is 0 Å². The van der Waals surface area contributed by atoms with Crippen LogP contribution < -0.4 is 10.6 Å². The Balaban J connectivity index is 1.75. The zero-order valence-electron chi connectivity index (χ0n) is 17.6. The van der Waals surface area contributed by atoms with Crippen LogP contribution in [0.4, 0.5) is 11.4 Å². The highest BCUT2D eigenvalue weighted by Crippen LogP contribution is 2.30. The van der Waals surface area contributed by atoms with Gasteiger partial charge >= 0.3 is 0 Å². The Hall–Kier alpha value is -3.73. The van der Waals surface area contributed by atoms with Crippen molar-refractivity contribution in [2.24, 2.45) is 10.9 Å². The minimum Gasteiger partial charge on any atom is -0.325 e. The molecule has 31 heavy (non-hydrogen) atoms. The summed E-state index contributed by atoms with van der Waals surface area (Å²) in [6, 6.07) is 26.1. The molecule has 0 saturated heterocycles. The van der Waals surface area contributed by atoms with Crippen molar-refractivity contribution in [1.82, 2.24) is 0 Å². The summed E-state index contributed by atoms with van der Waals surface area (Å²) in [5, 5.41) is 5.77. The number of carbonyl (C=O) groups excluding carboxylic acids is 2. The average Bonchev–Trinajstić information content (AvgIpc) is 2.74. The lowest BCUT2D eigenvalue weighted by molar-refractivity contribution is -0.126. The molecule has 3 aromatic carbocycles. The molecule has 3 aromatic rings. The van der Waals surface area contributed by atoms with Crippen molar-refractivity contribution in [1.29, 1.82) is 0 Å². The fourth-order valence-corrected chi connectivity index (χ4v) is 3.88. The molecule has 0 aromatic heterocycles. The second-order valence-electron chi connectivity index (χ2n) is 8.29. The number of anilines is 2. The summed E-state index contributed by atoms with van der Waals surface area (Å²) in [5.74, 6) is -1.92. The molecule has 2 amide bonds. The number of amides is 2. The van der Waals surface area contributed by atoms with E-state index in [1.54, 1.807) is 24.3 Å². The van der Waals surface area contributed by atoms with Crippen LogP contribution in [0.2, 0.25) is 0 Å². The number of aliphatic imine (C=N–C) groups is 1. The van der Waals surface area contributed by atoms with Gasteiger partial charge in [-0.05, 0) is 50.1 Å². The van der Waals surface area contributed by atoms with Crippen LogP contribution in [-0.2, 0) is 16.0 Å². The Morgan fingerprint density at radius 1 is 0.774 bits per heavy atom. The van der Waals surface area contributed by atoms with Crippen LogP contribution >= 0.6 is 0 Å². The normalized spacial score (nSPS) is 14.4. The Morgan fingerprint density at radius 3 is 1.81 bits per heavy atom. The highest BCUT2D eigenvalue weighted by atomic mass is 16.2. The third kappa shape index (κ3) is 4.72. The molecule has 2 N–H and O–H groups in total. The van der Waals surface area contributed by atoms with E-state index >= 15 is 0 Å². The molecule has 1 aliphatic rings. The molecule has 5 heteroatoms. The molecule has 0 fully saturated rings. The third-order valence-electron chi connectivity index (χ3n) is 5.22. The zero-order valence-corrected chi connectivity index (χ0v) is 17.6. The lowest BCUT2D eigenvalue weighted by atomic mass is 9.82. The number of para-hydroxylation sites is 2. The number of carbonyl (C=O) groups is 2. The predicted octanol–water partition coefficient (Wildman–Crippen LogP) is 4.70. The first-order chi connectivity index (χ1) is 14.9. The van der Waals surface area contributed by atoms with E-state index in [2.05, 4.69) is 10.6 Å². The molecule has 0 unspecified atom stereocenters. The van der Waals surface area contributed by atoms with Gasteiger partial charge in [-0.25, -0.2) is 0 Å². The molecule has 0 aliphatic carbocycles. The average molecular weight is 412 g/mol. The number of fused-ring (bicyclic) bond motifs is 1. The van der Waals surface area contributed by atoms with Crippen molar-refractivity contribution < 1.29 is 9.59 Å². The third-order valence-corrected chi connectivity index (χ3v) is 5.22. The monoisotopic (exact) mass is 411 g/mol. The Bertz CT molecular complexity index is 1070. The van der Waals surface area contributed by atoms with Crippen LogP contribution in [0.1, 0.15) is 25.0 Å². The molecule has 4 rings (SSSR count). The van der Waals surface area contributed by atoms with Crippen molar-refractivity contribution in [2.75, 3.05) is 10.6 Å². The minimum absolute atomic E-state index is 0.411. The largest absolute Gasteiger partial charge is 0.325 e. The number of nitrogens with zero attached hydrogens (tertiary/aromatic N) is 1. The molecule has 0 bridgehead atoms. The van der Waals surface area contributed by atoms with Crippen LogP contribution in [0, 0.1) is 5.92 Å². The summed E-state index contributed by atoms with van der Waals surface area (Å²) in [6.45, 7) is 4.04. The second kappa shape index (κ2) is 8.56. The summed E-state index contributed by atoms with van der Waals surface area (Å²) in [6.07, 6.45) is 0.750. The quantitative estimate of drug-likeness (QED) is 0.597. The zero-order chi connectivity index (χ0) is 21.8. The topological polar surface area (TPSA) is 70.6 Å². The summed E-state index contributed by atoms with van der Waals surface area (Å²) in [5.41, 5.74) is 3.28. The van der Waals surface area contributed by atoms with E-state index in [1.807, 2.05) is 74.5 Å². The lowest BCUT2D eigenvalue weighted by Gasteiger charge is -2.31. The Morgan fingerprint density at radius 2 is 1.26 bits per heavy atom. The van der Waals surface area contributed by atoms with Gasteiger partial charge in [0.25, 0.3) is 0 Å². The van der Waals surface area contributed by atoms with Crippen molar-refractivity contribution in [3.8, 4) is 0 Å². The van der Waals surface area contributed by atoms with Gasteiger partial charge in [-0.3, -0.25) is 14.6 Å². The molecule has 0 saturated carbocycles. The van der Waals surface area contributed by atoms with Crippen molar-refractivity contribution >= 4 is 28.9 Å². The van der Waals surface area contributed by atoms with Crippen LogP contribution in [-0.4, -0.2) is 23.1 Å². The van der Waals surface area contributed by atoms with Crippen LogP contribution in [0.25, 0.3) is 0 Å². The first kappa shape index (κ1) is 20.5. The maximum Gasteiger partial charge on any atom is 0.243 e. The summed E-state index contributed by atoms with van der Waals surface area (Å²) < 4.78 is 0. The summed E-state index contributed by atoms with van der Waals surface area (Å²) >= 11 is 0. The van der Waals surface area contributed by atoms with E-state index in [4.69, 9.17) is 4.99 Å². The van der Waals surface area contributed by atoms with E-state index in [0.29, 0.717) is 17.1 Å². The molecule has 0 radical (unpaired) electrons. The van der Waals surface area contributed by atoms with Crippen LogP contribution in [0.5, 0.6) is 0 Å². The first-order valence-corrected chi connectivity index (χ1v) is 10.3. The van der Waals surface area contributed by atoms with Gasteiger partial charge in [0.1, 0.15) is 0 Å². The molecular formula is C26H25N3O2. The Labute approximate surface area is 182 Å². The van der Waals surface area contributed by atoms with Gasteiger partial charge in [-0.2, -0.15) is 0 Å². The summed E-state index contributed by atoms with van der Waals surface area (Å²) in [4.78, 5) is 31.7. The van der Waals surface area contributed by atoms with Gasteiger partial charge in [0.05, 0.1) is 11.3 Å². The number of rotatable bonds is 5. The van der Waals surface area contributed by atoms with Gasteiger partial charge < -0.3 is 10.6 Å². The molecular weight excluding hydrogens is 386 g/mol. The van der Waals surface area contributed by atoms with Crippen LogP contribution in [0.3, 0.4) is 0 Å². The number of hydrogen-bond donors (Lipinski definition) is 2. The van der Waals surface area contributed by atoms with E-state index in [-0.39, 0.29) is 0 Å². The van der Waals surface area contributed by atoms with Crippen molar-refractivity contribution in [2.45, 2.75) is 25.8 Å². The maximum atomic E-state index is 13.4. The standard InChI is InChI=1S/C26H25N3O2/c1-26(2)17-18-11-9-10-16-21(18)23(29-26)22(24(30)27-19-12-5-3-6-13-19)25(31)28-20-14-7-4-8-15-20/h3-16,22H,17H2,1-2H3,(H,27,30)(H,28,31). The van der Waals surface area contributed by atoms with Gasteiger partial charge in [0.15, 0.2) is 5.92 Å². The van der Waals surface area contributed by atoms with E-state index in [9.17, 15) is 9.59 Å². The summed E-state index contributed by atoms with van der Waals surface area (Å²) in [7, 11) is 0. The molecule has 1 heterocycles. The fraction of sp³-hybridized carbons (Fsp3) is 0.192. The SMILES string of the molecule is CC1(C)Cc2ccccc2C(C(C(=O)Nc2ccccc2)C(=O)Nc2ccccc2)=N1. The highest BCUT2D eigenvalue weighted by molar-refractivity contribution is 6.30. The smallest absolute Gasteiger partial charge is 0.243 e. The fourth-order valence-electron chi connectivity index (χ4n) is 3.88. The van der Waals surface area contributed by atoms with Gasteiger partial charge in [0.2, 0.25) is 11.8 Å². The second-order valence-corrected chi connectivity index (χ2v) is 8.29. The van der Waals surface area contributed by atoms with E-state index in [0.717, 1.165) is 17.5 Å². The van der Waals surface area contributed by atoms with Crippen molar-refractivity contribution in [3.05, 3.63) is 96.1 Å².